The molecule has 2 aromatic rings. The molecule has 2 heterocycles. The van der Waals surface area contributed by atoms with Crippen LogP contribution >= 0.6 is 0 Å². The maximum Gasteiger partial charge on any atom is 0.335 e. The van der Waals surface area contributed by atoms with Crippen molar-refractivity contribution in [3.8, 4) is 5.75 Å². The van der Waals surface area contributed by atoms with Crippen molar-refractivity contribution in [3.63, 3.8) is 0 Å². The van der Waals surface area contributed by atoms with Gasteiger partial charge in [-0.25, -0.2) is 14.3 Å². The number of aromatic nitrogens is 3. The van der Waals surface area contributed by atoms with E-state index < -0.39 is 42.6 Å². The Morgan fingerprint density at radius 1 is 0.854 bits per heavy atom. The standard InChI is InChI=1S/C30H44N4O14/c1-19-25(36)26(37)27(38)30(48-19)47-14-13-45-12-11-44-10-9-43-8-6-34-18-22(32-33-34)3-2-4-24(35)31-5-7-46-23-16-20(28(39)40)15-21(17-23)29(41)42/h15-19,25-27,30,36-38H,2-14H2,1H3,(H,31,35)(H,39,40)(H,41,42)/t19-,25-,26+,27+,30+/m0/s1. The summed E-state index contributed by atoms with van der Waals surface area (Å²) >= 11 is 0. The Morgan fingerprint density at radius 2 is 1.48 bits per heavy atom. The van der Waals surface area contributed by atoms with Crippen molar-refractivity contribution in [2.24, 2.45) is 0 Å². The van der Waals surface area contributed by atoms with Crippen LogP contribution in [0.1, 0.15) is 46.2 Å². The lowest BCUT2D eigenvalue weighted by molar-refractivity contribution is -0.294. The van der Waals surface area contributed by atoms with Gasteiger partial charge in [-0.05, 0) is 38.0 Å². The number of nitrogens with one attached hydrogen (secondary N) is 1. The molecule has 0 saturated carbocycles. The summed E-state index contributed by atoms with van der Waals surface area (Å²) in [4.78, 5) is 34.5. The fourth-order valence-electron chi connectivity index (χ4n) is 4.44. The molecule has 0 aliphatic carbocycles. The molecular weight excluding hydrogens is 640 g/mol. The fraction of sp³-hybridized carbons (Fsp3) is 0.633. The van der Waals surface area contributed by atoms with E-state index in [9.17, 15) is 29.7 Å². The number of carbonyl (C=O) groups is 3. The predicted octanol–water partition coefficient (Wildman–Crippen LogP) is -0.914. The van der Waals surface area contributed by atoms with Crippen molar-refractivity contribution in [2.45, 2.75) is 63.4 Å². The zero-order valence-corrected chi connectivity index (χ0v) is 26.6. The van der Waals surface area contributed by atoms with Crippen molar-refractivity contribution in [3.05, 3.63) is 41.2 Å². The Kier molecular flexibility index (Phi) is 16.6. The number of nitrogens with zero attached hydrogens (tertiary/aromatic N) is 3. The lowest BCUT2D eigenvalue weighted by Crippen LogP contribution is -2.57. The molecule has 268 valence electrons. The van der Waals surface area contributed by atoms with Gasteiger partial charge in [-0.2, -0.15) is 0 Å². The third-order valence-electron chi connectivity index (χ3n) is 7.04. The van der Waals surface area contributed by atoms with E-state index in [1.165, 1.54) is 12.1 Å². The predicted molar refractivity (Wildman–Crippen MR) is 163 cm³/mol. The van der Waals surface area contributed by atoms with Gasteiger partial charge in [0.25, 0.3) is 0 Å². The van der Waals surface area contributed by atoms with Gasteiger partial charge < -0.3 is 59.3 Å². The molecule has 0 radical (unpaired) electrons. The van der Waals surface area contributed by atoms with Crippen LogP contribution in [0.4, 0.5) is 0 Å². The smallest absolute Gasteiger partial charge is 0.335 e. The van der Waals surface area contributed by atoms with E-state index in [4.69, 9.17) is 38.6 Å². The fourth-order valence-corrected chi connectivity index (χ4v) is 4.44. The summed E-state index contributed by atoms with van der Waals surface area (Å²) in [7, 11) is 0. The molecule has 0 unspecified atom stereocenters. The molecule has 5 atom stereocenters. The molecule has 48 heavy (non-hydrogen) atoms. The van der Waals surface area contributed by atoms with Gasteiger partial charge in [0.15, 0.2) is 6.29 Å². The maximum atomic E-state index is 12.1. The first-order valence-corrected chi connectivity index (χ1v) is 15.5. The van der Waals surface area contributed by atoms with E-state index in [1.807, 2.05) is 0 Å². The van der Waals surface area contributed by atoms with Crippen LogP contribution in [0.25, 0.3) is 0 Å². The van der Waals surface area contributed by atoms with Crippen LogP contribution in [0.2, 0.25) is 0 Å². The summed E-state index contributed by atoms with van der Waals surface area (Å²) < 4.78 is 34.2. The first-order chi connectivity index (χ1) is 23.0. The van der Waals surface area contributed by atoms with Crippen molar-refractivity contribution >= 4 is 17.8 Å². The number of benzene rings is 1. The van der Waals surface area contributed by atoms with Crippen LogP contribution in [0.3, 0.4) is 0 Å². The van der Waals surface area contributed by atoms with Crippen LogP contribution in [0.5, 0.6) is 5.75 Å². The molecule has 18 heteroatoms. The molecule has 0 spiro atoms. The second-order valence-corrected chi connectivity index (χ2v) is 10.8. The SMILES string of the molecule is C[C@@H]1O[C@@H](OCCOCCOCCOCCn2cc(CCCC(=O)NCCOc3cc(C(=O)O)cc(C(=O)O)c3)nn2)[C@H](O)[C@H](O)[C@H]1O. The average molecular weight is 685 g/mol. The van der Waals surface area contributed by atoms with E-state index in [0.717, 1.165) is 11.8 Å². The number of carboxylic acids is 2. The normalized spacial score (nSPS) is 20.8. The lowest BCUT2D eigenvalue weighted by atomic mass is 10.0. The monoisotopic (exact) mass is 684 g/mol. The molecule has 1 aromatic heterocycles. The van der Waals surface area contributed by atoms with Crippen LogP contribution in [-0.4, -0.2) is 148 Å². The highest BCUT2D eigenvalue weighted by molar-refractivity contribution is 5.94. The van der Waals surface area contributed by atoms with E-state index in [2.05, 4.69) is 15.6 Å². The summed E-state index contributed by atoms with van der Waals surface area (Å²) in [5.41, 5.74) is 0.318. The quantitative estimate of drug-likeness (QED) is 0.0775. The number of hydrogen-bond donors (Lipinski definition) is 6. The van der Waals surface area contributed by atoms with Crippen LogP contribution in [0.15, 0.2) is 24.4 Å². The highest BCUT2D eigenvalue weighted by atomic mass is 16.7. The zero-order chi connectivity index (χ0) is 34.9. The molecule has 1 aliphatic heterocycles. The molecule has 3 rings (SSSR count). The number of hydrogen-bond acceptors (Lipinski definition) is 14. The summed E-state index contributed by atoms with van der Waals surface area (Å²) in [5.74, 6) is -2.67. The minimum atomic E-state index is -1.35. The number of ether oxygens (including phenoxy) is 6. The molecule has 0 bridgehead atoms. The summed E-state index contributed by atoms with van der Waals surface area (Å²) in [6.45, 7) is 4.47. The highest BCUT2D eigenvalue weighted by Gasteiger charge is 2.42. The van der Waals surface area contributed by atoms with Crippen LogP contribution < -0.4 is 10.1 Å². The third-order valence-corrected chi connectivity index (χ3v) is 7.04. The Labute approximate surface area is 276 Å². The number of rotatable bonds is 23. The first kappa shape index (κ1) is 38.7. The van der Waals surface area contributed by atoms with Crippen molar-refractivity contribution in [2.75, 3.05) is 59.4 Å². The minimum Gasteiger partial charge on any atom is -0.492 e. The minimum absolute atomic E-state index is 0.0333. The summed E-state index contributed by atoms with van der Waals surface area (Å²) in [6, 6.07) is 3.48. The van der Waals surface area contributed by atoms with Crippen molar-refractivity contribution in [1.29, 1.82) is 0 Å². The van der Waals surface area contributed by atoms with Crippen molar-refractivity contribution < 1.29 is 68.3 Å². The van der Waals surface area contributed by atoms with E-state index in [-0.39, 0.29) is 55.6 Å². The summed E-state index contributed by atoms with van der Waals surface area (Å²) in [5, 5.41) is 58.5. The van der Waals surface area contributed by atoms with Gasteiger partial charge in [0, 0.05) is 12.6 Å². The number of aliphatic hydroxyl groups is 3. The number of aliphatic hydroxyl groups excluding tert-OH is 3. The summed E-state index contributed by atoms with van der Waals surface area (Å²) in [6.07, 6.45) is -2.44. The molecule has 6 N–H and O–H groups in total. The Bertz CT molecular complexity index is 1260. The number of amides is 1. The second-order valence-electron chi connectivity index (χ2n) is 10.8. The number of carbonyl (C=O) groups excluding carboxylic acids is 1. The van der Waals surface area contributed by atoms with Gasteiger partial charge in [-0.1, -0.05) is 5.21 Å². The number of carboxylic acid groups (broad SMARTS) is 2. The Balaban J connectivity index is 1.14. The van der Waals surface area contributed by atoms with Crippen molar-refractivity contribution in [1.82, 2.24) is 20.3 Å². The molecular formula is C30H44N4O14. The Hall–Kier alpha value is -3.75. The molecule has 1 saturated heterocycles. The van der Waals surface area contributed by atoms with Gasteiger partial charge in [0.05, 0.1) is 82.3 Å². The average Bonchev–Trinajstić information content (AvgIpc) is 3.52. The number of aromatic carboxylic acids is 2. The topological polar surface area (TPSA) is 250 Å². The van der Waals surface area contributed by atoms with Gasteiger partial charge in [0.2, 0.25) is 5.91 Å². The van der Waals surface area contributed by atoms with Crippen LogP contribution in [-0.2, 0) is 41.4 Å². The molecule has 1 amide bonds. The van der Waals surface area contributed by atoms with Gasteiger partial charge in [-0.3, -0.25) is 4.79 Å². The first-order valence-electron chi connectivity index (χ1n) is 15.5. The van der Waals surface area contributed by atoms with Gasteiger partial charge in [-0.15, -0.1) is 5.10 Å². The second kappa shape index (κ2) is 20.6. The Morgan fingerprint density at radius 3 is 2.12 bits per heavy atom. The largest absolute Gasteiger partial charge is 0.492 e. The molecule has 1 fully saturated rings. The van der Waals surface area contributed by atoms with Gasteiger partial charge in [0.1, 0.15) is 30.7 Å². The molecule has 1 aromatic carbocycles. The van der Waals surface area contributed by atoms with E-state index >= 15 is 0 Å². The van der Waals surface area contributed by atoms with E-state index in [1.54, 1.807) is 17.8 Å². The molecule has 18 nitrogen and oxygen atoms in total. The number of aryl methyl sites for hydroxylation is 1. The highest BCUT2D eigenvalue weighted by Crippen LogP contribution is 2.21. The lowest BCUT2D eigenvalue weighted by Gasteiger charge is -2.38. The van der Waals surface area contributed by atoms with Gasteiger partial charge >= 0.3 is 11.9 Å². The molecule has 1 aliphatic rings. The third kappa shape index (κ3) is 13.4. The zero-order valence-electron chi connectivity index (χ0n) is 26.6. The van der Waals surface area contributed by atoms with E-state index in [0.29, 0.717) is 52.4 Å². The maximum absolute atomic E-state index is 12.1. The van der Waals surface area contributed by atoms with Crippen LogP contribution in [0, 0.1) is 0 Å².